The summed E-state index contributed by atoms with van der Waals surface area (Å²) in [5.41, 5.74) is 7.90. The first-order valence-corrected chi connectivity index (χ1v) is 5.57. The number of hydrogen-bond donors (Lipinski definition) is 2. The number of rotatable bonds is 2. The van der Waals surface area contributed by atoms with Crippen LogP contribution >= 0.6 is 0 Å². The van der Waals surface area contributed by atoms with Crippen molar-refractivity contribution in [2.45, 2.75) is 19.9 Å². The van der Waals surface area contributed by atoms with Gasteiger partial charge >= 0.3 is 0 Å². The van der Waals surface area contributed by atoms with E-state index in [4.69, 9.17) is 5.73 Å². The van der Waals surface area contributed by atoms with Crippen LogP contribution in [0.4, 0.5) is 0 Å². The third-order valence-corrected chi connectivity index (χ3v) is 2.54. The van der Waals surface area contributed by atoms with Crippen LogP contribution in [-0.2, 0) is 6.54 Å². The average Bonchev–Trinajstić information content (AvgIpc) is 2.72. The maximum atomic E-state index is 5.76. The van der Waals surface area contributed by atoms with Gasteiger partial charge in [-0.3, -0.25) is 0 Å². The molecule has 0 aromatic carbocycles. The van der Waals surface area contributed by atoms with Crippen LogP contribution in [0.5, 0.6) is 0 Å². The van der Waals surface area contributed by atoms with Crippen LogP contribution < -0.4 is 5.73 Å². The van der Waals surface area contributed by atoms with E-state index in [2.05, 4.69) is 15.0 Å². The molecular weight excluding hydrogens is 214 g/mol. The van der Waals surface area contributed by atoms with E-state index in [1.165, 1.54) is 0 Å². The lowest BCUT2D eigenvalue weighted by atomic mass is 10.3. The van der Waals surface area contributed by atoms with E-state index in [9.17, 15) is 0 Å². The van der Waals surface area contributed by atoms with E-state index < -0.39 is 0 Å². The first kappa shape index (κ1) is 11.4. The van der Waals surface area contributed by atoms with E-state index in [0.29, 0.717) is 11.8 Å². The number of aromatic amines is 1. The van der Waals surface area contributed by atoms with Crippen molar-refractivity contribution in [3.63, 3.8) is 0 Å². The fraction of sp³-hybridized carbons (Fsp3) is 0.333. The number of aromatic nitrogens is 1. The Hall–Kier alpha value is -2.04. The van der Waals surface area contributed by atoms with Crippen molar-refractivity contribution >= 4 is 11.7 Å². The molecule has 0 saturated carbocycles. The maximum absolute atomic E-state index is 5.76. The SMILES string of the molecule is CC1=NC(N(C)Cc2ccc[nH]2)=NC(N)=CC1. The van der Waals surface area contributed by atoms with Gasteiger partial charge in [0.25, 0.3) is 0 Å². The Kier molecular flexibility index (Phi) is 3.27. The second-order valence-electron chi connectivity index (χ2n) is 4.14. The summed E-state index contributed by atoms with van der Waals surface area (Å²) in [5.74, 6) is 1.18. The van der Waals surface area contributed by atoms with Gasteiger partial charge < -0.3 is 15.6 Å². The number of hydrogen-bond acceptors (Lipinski definition) is 4. The Bertz CT molecular complexity index is 467. The van der Waals surface area contributed by atoms with Crippen molar-refractivity contribution < 1.29 is 0 Å². The highest BCUT2D eigenvalue weighted by atomic mass is 15.3. The number of nitrogens with zero attached hydrogens (tertiary/aromatic N) is 3. The molecular formula is C12H17N5. The van der Waals surface area contributed by atoms with Gasteiger partial charge in [-0.1, -0.05) is 0 Å². The van der Waals surface area contributed by atoms with E-state index in [-0.39, 0.29) is 0 Å². The molecule has 1 aliphatic heterocycles. The average molecular weight is 231 g/mol. The van der Waals surface area contributed by atoms with Crippen molar-refractivity contribution in [1.82, 2.24) is 9.88 Å². The van der Waals surface area contributed by atoms with Gasteiger partial charge in [-0.15, -0.1) is 0 Å². The predicted octanol–water partition coefficient (Wildman–Crippen LogP) is 1.47. The Morgan fingerprint density at radius 3 is 3.00 bits per heavy atom. The molecule has 0 amide bonds. The molecule has 5 nitrogen and oxygen atoms in total. The molecule has 17 heavy (non-hydrogen) atoms. The molecule has 1 aliphatic rings. The smallest absolute Gasteiger partial charge is 0.227 e. The Labute approximate surface area is 101 Å². The minimum absolute atomic E-state index is 0.527. The number of guanidine groups is 1. The van der Waals surface area contributed by atoms with Crippen molar-refractivity contribution in [2.75, 3.05) is 7.05 Å². The van der Waals surface area contributed by atoms with Gasteiger partial charge in [-0.2, -0.15) is 4.99 Å². The number of allylic oxidation sites excluding steroid dienone is 1. The minimum Gasteiger partial charge on any atom is -0.384 e. The topological polar surface area (TPSA) is 69.8 Å². The van der Waals surface area contributed by atoms with Crippen LogP contribution in [0.25, 0.3) is 0 Å². The minimum atomic E-state index is 0.527. The van der Waals surface area contributed by atoms with Gasteiger partial charge in [-0.25, -0.2) is 4.99 Å². The third-order valence-electron chi connectivity index (χ3n) is 2.54. The van der Waals surface area contributed by atoms with Crippen molar-refractivity contribution in [3.05, 3.63) is 35.9 Å². The molecule has 2 rings (SSSR count). The van der Waals surface area contributed by atoms with E-state index in [1.54, 1.807) is 0 Å². The van der Waals surface area contributed by atoms with Crippen molar-refractivity contribution in [3.8, 4) is 0 Å². The van der Waals surface area contributed by atoms with E-state index in [0.717, 1.165) is 24.4 Å². The summed E-state index contributed by atoms with van der Waals surface area (Å²) in [7, 11) is 1.95. The van der Waals surface area contributed by atoms with Gasteiger partial charge in [-0.05, 0) is 25.1 Å². The maximum Gasteiger partial charge on any atom is 0.227 e. The molecule has 90 valence electrons. The van der Waals surface area contributed by atoms with Gasteiger partial charge in [0, 0.05) is 31.1 Å². The standard InChI is InChI=1S/C12H17N5/c1-9-5-6-11(13)16-12(15-9)17(2)8-10-4-3-7-14-10/h3-4,6-7,14H,5,8,13H2,1-2H3. The summed E-state index contributed by atoms with van der Waals surface area (Å²) in [4.78, 5) is 13.9. The molecule has 0 saturated heterocycles. The highest BCUT2D eigenvalue weighted by molar-refractivity contribution is 5.97. The molecule has 1 aromatic heterocycles. The summed E-state index contributed by atoms with van der Waals surface area (Å²) in [6.45, 7) is 2.71. The molecule has 5 heteroatoms. The van der Waals surface area contributed by atoms with Crippen LogP contribution in [0.1, 0.15) is 19.0 Å². The monoisotopic (exact) mass is 231 g/mol. The number of nitrogens with one attached hydrogen (secondary N) is 1. The highest BCUT2D eigenvalue weighted by Crippen LogP contribution is 2.07. The van der Waals surface area contributed by atoms with Crippen LogP contribution in [0.2, 0.25) is 0 Å². The normalized spacial score (nSPS) is 15.8. The zero-order valence-corrected chi connectivity index (χ0v) is 10.1. The largest absolute Gasteiger partial charge is 0.384 e. The first-order valence-electron chi connectivity index (χ1n) is 5.57. The molecule has 2 heterocycles. The number of H-pyrrole nitrogens is 1. The van der Waals surface area contributed by atoms with Gasteiger partial charge in [0.1, 0.15) is 5.82 Å². The lowest BCUT2D eigenvalue weighted by molar-refractivity contribution is 0.488. The van der Waals surface area contributed by atoms with Crippen LogP contribution in [0.15, 0.2) is 40.2 Å². The zero-order valence-electron chi connectivity index (χ0n) is 10.1. The quantitative estimate of drug-likeness (QED) is 0.809. The van der Waals surface area contributed by atoms with Crippen LogP contribution in [0, 0.1) is 0 Å². The molecule has 0 spiro atoms. The fourth-order valence-electron chi connectivity index (χ4n) is 1.62. The lowest BCUT2D eigenvalue weighted by Crippen LogP contribution is -2.26. The van der Waals surface area contributed by atoms with Crippen LogP contribution in [-0.4, -0.2) is 28.6 Å². The second-order valence-corrected chi connectivity index (χ2v) is 4.14. The summed E-state index contributed by atoms with van der Waals surface area (Å²) < 4.78 is 0. The summed E-state index contributed by atoms with van der Waals surface area (Å²) in [5, 5.41) is 0. The third kappa shape index (κ3) is 2.96. The molecule has 0 unspecified atom stereocenters. The summed E-state index contributed by atoms with van der Waals surface area (Å²) in [6, 6.07) is 4.00. The van der Waals surface area contributed by atoms with Crippen LogP contribution in [0.3, 0.4) is 0 Å². The molecule has 0 radical (unpaired) electrons. The van der Waals surface area contributed by atoms with Crippen molar-refractivity contribution in [1.29, 1.82) is 0 Å². The molecule has 0 bridgehead atoms. The zero-order chi connectivity index (χ0) is 12.3. The van der Waals surface area contributed by atoms with E-state index in [1.807, 2.05) is 43.3 Å². The Balaban J connectivity index is 2.15. The number of nitrogens with two attached hydrogens (primary N) is 1. The Morgan fingerprint density at radius 1 is 1.47 bits per heavy atom. The summed E-state index contributed by atoms with van der Waals surface area (Å²) >= 11 is 0. The lowest BCUT2D eigenvalue weighted by Gasteiger charge is -2.17. The molecule has 0 atom stereocenters. The van der Waals surface area contributed by atoms with Crippen molar-refractivity contribution in [2.24, 2.45) is 15.7 Å². The predicted molar refractivity (Wildman–Crippen MR) is 69.7 cm³/mol. The van der Waals surface area contributed by atoms with E-state index >= 15 is 0 Å². The van der Waals surface area contributed by atoms with Gasteiger partial charge in [0.05, 0.1) is 6.54 Å². The Morgan fingerprint density at radius 2 is 2.29 bits per heavy atom. The molecule has 0 fully saturated rings. The molecule has 0 aliphatic carbocycles. The molecule has 3 N–H and O–H groups in total. The summed E-state index contributed by atoms with van der Waals surface area (Å²) in [6.07, 6.45) is 4.55. The van der Waals surface area contributed by atoms with Gasteiger partial charge in [0.2, 0.25) is 5.96 Å². The van der Waals surface area contributed by atoms with Gasteiger partial charge in [0.15, 0.2) is 0 Å². The highest BCUT2D eigenvalue weighted by Gasteiger charge is 2.10. The fourth-order valence-corrected chi connectivity index (χ4v) is 1.62. The molecule has 1 aromatic rings. The first-order chi connectivity index (χ1) is 8.15. The number of aliphatic imine (C=N–C) groups is 2. The second kappa shape index (κ2) is 4.86.